The molecule has 0 radical (unpaired) electrons. The first-order valence-electron chi connectivity index (χ1n) is 7.99. The van der Waals surface area contributed by atoms with E-state index in [9.17, 15) is 9.59 Å². The van der Waals surface area contributed by atoms with Crippen LogP contribution in [-0.4, -0.2) is 11.8 Å². The Morgan fingerprint density at radius 3 is 2.95 bits per heavy atom. The summed E-state index contributed by atoms with van der Waals surface area (Å²) in [6, 6.07) is 1.98. The molecule has 2 aliphatic carbocycles. The summed E-state index contributed by atoms with van der Waals surface area (Å²) in [5.74, 6) is 0.673. The molecule has 0 aliphatic heterocycles. The van der Waals surface area contributed by atoms with Crippen LogP contribution < -0.4 is 10.9 Å². The number of carbonyl (C=O) groups is 2. The van der Waals surface area contributed by atoms with Crippen LogP contribution in [0.2, 0.25) is 0 Å². The highest BCUT2D eigenvalue weighted by molar-refractivity contribution is 7.14. The van der Waals surface area contributed by atoms with Crippen LogP contribution in [-0.2, 0) is 17.6 Å². The van der Waals surface area contributed by atoms with Crippen LogP contribution in [0.3, 0.4) is 0 Å². The van der Waals surface area contributed by atoms with Crippen molar-refractivity contribution in [3.63, 3.8) is 0 Å². The first-order chi connectivity index (χ1) is 10.6. The summed E-state index contributed by atoms with van der Waals surface area (Å²) in [7, 11) is 0. The summed E-state index contributed by atoms with van der Waals surface area (Å²) in [4.78, 5) is 26.0. The minimum absolute atomic E-state index is 0.125. The summed E-state index contributed by atoms with van der Waals surface area (Å²) < 4.78 is 0. The largest absolute Gasteiger partial charge is 0.279 e. The van der Waals surface area contributed by atoms with Crippen molar-refractivity contribution in [1.29, 1.82) is 0 Å². The molecule has 0 unspecified atom stereocenters. The molecule has 2 amide bonds. The lowest BCUT2D eigenvalue weighted by Crippen LogP contribution is -2.41. The van der Waals surface area contributed by atoms with E-state index in [0.29, 0.717) is 23.1 Å². The number of fused-ring (bicyclic) bond motifs is 1. The highest BCUT2D eigenvalue weighted by Crippen LogP contribution is 2.32. The molecule has 2 atom stereocenters. The molecule has 2 aliphatic rings. The molecule has 0 fully saturated rings. The van der Waals surface area contributed by atoms with Gasteiger partial charge in [-0.1, -0.05) is 19.1 Å². The van der Waals surface area contributed by atoms with Gasteiger partial charge in [-0.15, -0.1) is 11.3 Å². The summed E-state index contributed by atoms with van der Waals surface area (Å²) in [6.07, 6.45) is 10.0. The maximum Gasteiger partial charge on any atom is 0.279 e. The number of nitrogens with one attached hydrogen (secondary N) is 2. The maximum atomic E-state index is 12.2. The number of carbonyl (C=O) groups excluding carboxylic acids is 2. The number of hydrogen-bond donors (Lipinski definition) is 2. The van der Waals surface area contributed by atoms with E-state index in [4.69, 9.17) is 0 Å². The van der Waals surface area contributed by atoms with Crippen LogP contribution in [0.15, 0.2) is 18.2 Å². The van der Waals surface area contributed by atoms with Gasteiger partial charge in [0.1, 0.15) is 0 Å². The fraction of sp³-hybridized carbons (Fsp3) is 0.529. The van der Waals surface area contributed by atoms with Crippen molar-refractivity contribution in [3.8, 4) is 0 Å². The minimum atomic E-state index is -0.206. The van der Waals surface area contributed by atoms with Crippen molar-refractivity contribution in [3.05, 3.63) is 33.5 Å². The molecule has 0 saturated carbocycles. The zero-order valence-electron chi connectivity index (χ0n) is 12.9. The molecule has 1 heterocycles. The Bertz CT molecular complexity index is 606. The Morgan fingerprint density at radius 1 is 1.32 bits per heavy atom. The highest BCUT2D eigenvalue weighted by Gasteiger charge is 2.21. The van der Waals surface area contributed by atoms with Crippen LogP contribution in [0.1, 0.15) is 52.7 Å². The first kappa shape index (κ1) is 15.3. The molecule has 0 spiro atoms. The molecule has 2 N–H and O–H groups in total. The lowest BCUT2D eigenvalue weighted by atomic mass is 9.90. The van der Waals surface area contributed by atoms with Crippen LogP contribution in [0, 0.1) is 11.8 Å². The maximum absolute atomic E-state index is 12.2. The molecule has 0 bridgehead atoms. The number of hydrogen-bond acceptors (Lipinski definition) is 3. The smallest absolute Gasteiger partial charge is 0.273 e. The number of aryl methyl sites for hydroxylation is 1. The SMILES string of the molecule is C[C@@H]1CCc2sc(C(=O)NNC(=O)C[C@@H]3C=CCC3)cc2C1. The molecule has 118 valence electrons. The van der Waals surface area contributed by atoms with Crippen LogP contribution in [0.25, 0.3) is 0 Å². The van der Waals surface area contributed by atoms with Crippen molar-refractivity contribution in [2.24, 2.45) is 11.8 Å². The van der Waals surface area contributed by atoms with E-state index in [1.165, 1.54) is 16.9 Å². The fourth-order valence-electron chi connectivity index (χ4n) is 3.16. The number of hydrazine groups is 1. The summed E-state index contributed by atoms with van der Waals surface area (Å²) in [6.45, 7) is 2.25. The molecule has 0 aromatic carbocycles. The van der Waals surface area contributed by atoms with E-state index < -0.39 is 0 Å². The molecule has 5 heteroatoms. The third-order valence-corrected chi connectivity index (χ3v) is 5.66. The van der Waals surface area contributed by atoms with Gasteiger partial charge in [0.2, 0.25) is 5.91 Å². The number of rotatable bonds is 3. The third-order valence-electron chi connectivity index (χ3n) is 4.43. The molecular formula is C17H22N2O2S. The average Bonchev–Trinajstić information content (AvgIpc) is 3.13. The Balaban J connectivity index is 1.51. The van der Waals surface area contributed by atoms with Crippen LogP contribution in [0.5, 0.6) is 0 Å². The van der Waals surface area contributed by atoms with E-state index in [0.717, 1.165) is 25.7 Å². The van der Waals surface area contributed by atoms with Gasteiger partial charge in [0.05, 0.1) is 4.88 Å². The summed E-state index contributed by atoms with van der Waals surface area (Å²) in [5.41, 5.74) is 6.37. The molecule has 1 aromatic heterocycles. The predicted molar refractivity (Wildman–Crippen MR) is 87.6 cm³/mol. The minimum Gasteiger partial charge on any atom is -0.273 e. The van der Waals surface area contributed by atoms with Crippen molar-refractivity contribution in [2.45, 2.75) is 45.4 Å². The number of thiophene rings is 1. The highest BCUT2D eigenvalue weighted by atomic mass is 32.1. The first-order valence-corrected chi connectivity index (χ1v) is 8.81. The van der Waals surface area contributed by atoms with Gasteiger partial charge in [-0.3, -0.25) is 20.4 Å². The average molecular weight is 318 g/mol. The second-order valence-corrected chi connectivity index (χ2v) is 7.52. The second kappa shape index (κ2) is 6.65. The van der Waals surface area contributed by atoms with E-state index in [1.54, 1.807) is 11.3 Å². The molecular weight excluding hydrogens is 296 g/mol. The van der Waals surface area contributed by atoms with Crippen molar-refractivity contribution >= 4 is 23.2 Å². The van der Waals surface area contributed by atoms with Crippen molar-refractivity contribution in [2.75, 3.05) is 0 Å². The van der Waals surface area contributed by atoms with Crippen molar-refractivity contribution in [1.82, 2.24) is 10.9 Å². The van der Waals surface area contributed by atoms with Gasteiger partial charge in [0.25, 0.3) is 5.91 Å². The predicted octanol–water partition coefficient (Wildman–Crippen LogP) is 2.99. The lowest BCUT2D eigenvalue weighted by molar-refractivity contribution is -0.122. The monoisotopic (exact) mass is 318 g/mol. The van der Waals surface area contributed by atoms with Crippen LogP contribution >= 0.6 is 11.3 Å². The van der Waals surface area contributed by atoms with E-state index in [2.05, 4.69) is 29.9 Å². The topological polar surface area (TPSA) is 58.2 Å². The second-order valence-electron chi connectivity index (χ2n) is 6.38. The van der Waals surface area contributed by atoms with E-state index in [1.807, 2.05) is 6.07 Å². The Morgan fingerprint density at radius 2 is 2.18 bits per heavy atom. The Hall–Kier alpha value is -1.62. The molecule has 0 saturated heterocycles. The Kier molecular flexibility index (Phi) is 4.62. The van der Waals surface area contributed by atoms with Gasteiger partial charge in [0.15, 0.2) is 0 Å². The Labute approximate surface area is 135 Å². The van der Waals surface area contributed by atoms with E-state index >= 15 is 0 Å². The number of amides is 2. The van der Waals surface area contributed by atoms with Gasteiger partial charge in [-0.25, -0.2) is 0 Å². The molecule has 22 heavy (non-hydrogen) atoms. The standard InChI is InChI=1S/C17H22N2O2S/c1-11-6-7-14-13(8-11)10-15(22-14)17(21)19-18-16(20)9-12-4-2-3-5-12/h2,4,10-12H,3,5-9H2,1H3,(H,18,20)(H,19,21)/t11-,12-/m1/s1. The van der Waals surface area contributed by atoms with Gasteiger partial charge in [0, 0.05) is 11.3 Å². The van der Waals surface area contributed by atoms with Crippen LogP contribution in [0.4, 0.5) is 0 Å². The van der Waals surface area contributed by atoms with Gasteiger partial charge < -0.3 is 0 Å². The summed E-state index contributed by atoms with van der Waals surface area (Å²) in [5, 5.41) is 0. The van der Waals surface area contributed by atoms with Crippen molar-refractivity contribution < 1.29 is 9.59 Å². The zero-order valence-corrected chi connectivity index (χ0v) is 13.7. The third kappa shape index (κ3) is 3.58. The lowest BCUT2D eigenvalue weighted by Gasteiger charge is -2.16. The molecule has 3 rings (SSSR count). The number of allylic oxidation sites excluding steroid dienone is 2. The summed E-state index contributed by atoms with van der Waals surface area (Å²) >= 11 is 1.56. The van der Waals surface area contributed by atoms with Gasteiger partial charge >= 0.3 is 0 Å². The molecule has 1 aromatic rings. The van der Waals surface area contributed by atoms with Gasteiger partial charge in [-0.05, 0) is 55.6 Å². The zero-order chi connectivity index (χ0) is 15.5. The van der Waals surface area contributed by atoms with E-state index in [-0.39, 0.29) is 11.8 Å². The van der Waals surface area contributed by atoms with Gasteiger partial charge in [-0.2, -0.15) is 0 Å². The molecule has 4 nitrogen and oxygen atoms in total. The fourth-order valence-corrected chi connectivity index (χ4v) is 4.26. The quantitative estimate of drug-likeness (QED) is 0.665. The normalized spacial score (nSPS) is 23.1.